The fraction of sp³-hybridized carbons (Fsp3) is 1.00. The van der Waals surface area contributed by atoms with Gasteiger partial charge in [0.15, 0.2) is 0 Å². The summed E-state index contributed by atoms with van der Waals surface area (Å²) < 4.78 is 10.4. The lowest BCUT2D eigenvalue weighted by molar-refractivity contribution is -0.0192. The van der Waals surface area contributed by atoms with Crippen molar-refractivity contribution in [1.29, 1.82) is 0 Å². The maximum Gasteiger partial charge on any atom is 0.0804 e. The number of hydrogen-bond donors (Lipinski definition) is 2. The van der Waals surface area contributed by atoms with E-state index in [4.69, 9.17) is 20.3 Å². The molecule has 0 spiro atoms. The Balaban J connectivity index is 3.06. The number of hydrogen-bond acceptors (Lipinski definition) is 4. The van der Waals surface area contributed by atoms with Crippen molar-refractivity contribution in [1.82, 2.24) is 0 Å². The highest BCUT2D eigenvalue weighted by Gasteiger charge is 2.02. The molecule has 4 heteroatoms. The fourth-order valence-corrected chi connectivity index (χ4v) is 0.759. The summed E-state index contributed by atoms with van der Waals surface area (Å²) in [6.45, 7) is 4.23. The van der Waals surface area contributed by atoms with Crippen LogP contribution in [0.3, 0.4) is 0 Å². The second kappa shape index (κ2) is 8.93. The van der Waals surface area contributed by atoms with Crippen molar-refractivity contribution >= 4 is 0 Å². The normalized spacial score (nSPS) is 13.2. The molecule has 0 heterocycles. The molecule has 0 aliphatic rings. The molecule has 0 saturated heterocycles. The lowest BCUT2D eigenvalue weighted by atomic mass is 10.3. The number of ether oxygens (including phenoxy) is 2. The second-order valence-corrected chi connectivity index (χ2v) is 2.48. The standard InChI is InChI=1S/C8H19NO3/c1-2-8(7-10)12-6-5-11-4-3-9/h8,10H,2-7,9H2,1H3. The zero-order valence-corrected chi connectivity index (χ0v) is 7.66. The van der Waals surface area contributed by atoms with Gasteiger partial charge in [-0.25, -0.2) is 0 Å². The first-order valence-corrected chi connectivity index (χ1v) is 4.35. The van der Waals surface area contributed by atoms with Crippen molar-refractivity contribution < 1.29 is 14.6 Å². The van der Waals surface area contributed by atoms with E-state index in [1.54, 1.807) is 0 Å². The molecule has 0 aromatic heterocycles. The van der Waals surface area contributed by atoms with E-state index in [0.29, 0.717) is 26.4 Å². The first-order chi connectivity index (χ1) is 5.85. The lowest BCUT2D eigenvalue weighted by Gasteiger charge is -2.12. The van der Waals surface area contributed by atoms with Crippen LogP contribution in [0.25, 0.3) is 0 Å². The van der Waals surface area contributed by atoms with E-state index in [1.165, 1.54) is 0 Å². The minimum atomic E-state index is -0.0496. The van der Waals surface area contributed by atoms with Gasteiger partial charge in [-0.1, -0.05) is 6.92 Å². The Morgan fingerprint density at radius 3 is 2.58 bits per heavy atom. The van der Waals surface area contributed by atoms with E-state index in [-0.39, 0.29) is 12.7 Å². The third kappa shape index (κ3) is 6.54. The molecule has 3 N–H and O–H groups in total. The van der Waals surface area contributed by atoms with Crippen LogP contribution in [0.2, 0.25) is 0 Å². The zero-order chi connectivity index (χ0) is 9.23. The van der Waals surface area contributed by atoms with Crippen molar-refractivity contribution in [3.8, 4) is 0 Å². The quantitative estimate of drug-likeness (QED) is 0.502. The van der Waals surface area contributed by atoms with Gasteiger partial charge >= 0.3 is 0 Å². The van der Waals surface area contributed by atoms with Crippen LogP contribution in [0.4, 0.5) is 0 Å². The van der Waals surface area contributed by atoms with Crippen LogP contribution >= 0.6 is 0 Å². The maximum absolute atomic E-state index is 8.74. The van der Waals surface area contributed by atoms with Crippen LogP contribution in [0.5, 0.6) is 0 Å². The first-order valence-electron chi connectivity index (χ1n) is 4.35. The van der Waals surface area contributed by atoms with Crippen molar-refractivity contribution in [3.05, 3.63) is 0 Å². The summed E-state index contributed by atoms with van der Waals surface area (Å²) in [6.07, 6.45) is 0.777. The first kappa shape index (κ1) is 11.8. The molecule has 0 aromatic rings. The SMILES string of the molecule is CCC(CO)OCCOCCN. The summed E-state index contributed by atoms with van der Waals surface area (Å²) in [5.74, 6) is 0. The molecule has 1 atom stereocenters. The van der Waals surface area contributed by atoms with Gasteiger partial charge in [0.1, 0.15) is 0 Å². The summed E-state index contributed by atoms with van der Waals surface area (Å²) in [7, 11) is 0. The second-order valence-electron chi connectivity index (χ2n) is 2.48. The van der Waals surface area contributed by atoms with Gasteiger partial charge in [0.05, 0.1) is 32.5 Å². The largest absolute Gasteiger partial charge is 0.394 e. The molecule has 0 fully saturated rings. The number of rotatable bonds is 8. The highest BCUT2D eigenvalue weighted by Crippen LogP contribution is 1.95. The van der Waals surface area contributed by atoms with Crippen molar-refractivity contribution in [2.24, 2.45) is 5.73 Å². The molecule has 0 radical (unpaired) electrons. The molecule has 0 aliphatic heterocycles. The molecular weight excluding hydrogens is 158 g/mol. The van der Waals surface area contributed by atoms with Crippen molar-refractivity contribution in [3.63, 3.8) is 0 Å². The number of nitrogens with two attached hydrogens (primary N) is 1. The Labute approximate surface area is 73.7 Å². The van der Waals surface area contributed by atoms with E-state index in [0.717, 1.165) is 6.42 Å². The Morgan fingerprint density at radius 1 is 1.33 bits per heavy atom. The third-order valence-corrected chi connectivity index (χ3v) is 1.50. The topological polar surface area (TPSA) is 64.7 Å². The lowest BCUT2D eigenvalue weighted by Crippen LogP contribution is -2.20. The van der Waals surface area contributed by atoms with Crippen molar-refractivity contribution in [2.75, 3.05) is 33.0 Å². The van der Waals surface area contributed by atoms with Gasteiger partial charge in [-0.2, -0.15) is 0 Å². The minimum Gasteiger partial charge on any atom is -0.394 e. The van der Waals surface area contributed by atoms with Gasteiger partial charge in [0.2, 0.25) is 0 Å². The Kier molecular flexibility index (Phi) is 8.81. The van der Waals surface area contributed by atoms with Gasteiger partial charge in [-0.3, -0.25) is 0 Å². The van der Waals surface area contributed by atoms with E-state index >= 15 is 0 Å². The van der Waals surface area contributed by atoms with E-state index in [1.807, 2.05) is 6.92 Å². The van der Waals surface area contributed by atoms with Crippen molar-refractivity contribution in [2.45, 2.75) is 19.4 Å². The van der Waals surface area contributed by atoms with Gasteiger partial charge in [0.25, 0.3) is 0 Å². The highest BCUT2D eigenvalue weighted by molar-refractivity contribution is 4.50. The summed E-state index contributed by atoms with van der Waals surface area (Å²) in [6, 6.07) is 0. The molecule has 4 nitrogen and oxygen atoms in total. The minimum absolute atomic E-state index is 0.0496. The van der Waals surface area contributed by atoms with Crippen LogP contribution in [0.1, 0.15) is 13.3 Å². The third-order valence-electron chi connectivity index (χ3n) is 1.50. The number of aliphatic hydroxyl groups excluding tert-OH is 1. The summed E-state index contributed by atoms with van der Waals surface area (Å²) in [5, 5.41) is 8.74. The Morgan fingerprint density at radius 2 is 2.08 bits per heavy atom. The molecular formula is C8H19NO3. The van der Waals surface area contributed by atoms with E-state index < -0.39 is 0 Å². The smallest absolute Gasteiger partial charge is 0.0804 e. The van der Waals surface area contributed by atoms with Crippen LogP contribution in [0, 0.1) is 0 Å². The van der Waals surface area contributed by atoms with Crippen LogP contribution in [-0.2, 0) is 9.47 Å². The average Bonchev–Trinajstić information content (AvgIpc) is 2.11. The van der Waals surface area contributed by atoms with Crippen LogP contribution in [-0.4, -0.2) is 44.2 Å². The van der Waals surface area contributed by atoms with E-state index in [2.05, 4.69) is 0 Å². The van der Waals surface area contributed by atoms with Gasteiger partial charge in [0, 0.05) is 6.54 Å². The van der Waals surface area contributed by atoms with Gasteiger partial charge < -0.3 is 20.3 Å². The van der Waals surface area contributed by atoms with E-state index in [9.17, 15) is 0 Å². The average molecular weight is 177 g/mol. The summed E-state index contributed by atoms with van der Waals surface area (Å²) in [4.78, 5) is 0. The predicted octanol–water partition coefficient (Wildman–Crippen LogP) is -0.251. The molecule has 0 amide bonds. The van der Waals surface area contributed by atoms with Gasteiger partial charge in [-0.15, -0.1) is 0 Å². The predicted molar refractivity (Wildman–Crippen MR) is 47.0 cm³/mol. The number of aliphatic hydroxyl groups is 1. The Bertz CT molecular complexity index is 86.4. The highest BCUT2D eigenvalue weighted by atomic mass is 16.5. The molecule has 0 aliphatic carbocycles. The maximum atomic E-state index is 8.74. The molecule has 74 valence electrons. The molecule has 12 heavy (non-hydrogen) atoms. The molecule has 0 bridgehead atoms. The summed E-state index contributed by atoms with van der Waals surface area (Å²) >= 11 is 0. The van der Waals surface area contributed by atoms with Crippen LogP contribution < -0.4 is 5.73 Å². The van der Waals surface area contributed by atoms with Gasteiger partial charge in [-0.05, 0) is 6.42 Å². The zero-order valence-electron chi connectivity index (χ0n) is 7.66. The Hall–Kier alpha value is -0.160. The van der Waals surface area contributed by atoms with Crippen LogP contribution in [0.15, 0.2) is 0 Å². The molecule has 0 saturated carbocycles. The molecule has 1 unspecified atom stereocenters. The monoisotopic (exact) mass is 177 g/mol. The fourth-order valence-electron chi connectivity index (χ4n) is 0.759. The molecule has 0 aromatic carbocycles. The summed E-state index contributed by atoms with van der Waals surface area (Å²) in [5.41, 5.74) is 5.22. The molecule has 0 rings (SSSR count).